The Morgan fingerprint density at radius 2 is 1.97 bits per heavy atom. The lowest BCUT2D eigenvalue weighted by Gasteiger charge is -2.12. The van der Waals surface area contributed by atoms with E-state index in [-0.39, 0.29) is 23.3 Å². The molecule has 4 rings (SSSR count). The number of carbonyl (C=O) groups is 2. The fourth-order valence-electron chi connectivity index (χ4n) is 2.61. The lowest BCUT2D eigenvalue weighted by Crippen LogP contribution is -2.25. The molecule has 9 heteroatoms. The van der Waals surface area contributed by atoms with E-state index in [9.17, 15) is 9.59 Å². The number of nitrogens with one attached hydrogen (secondary N) is 1. The van der Waals surface area contributed by atoms with Crippen LogP contribution in [0.1, 0.15) is 17.3 Å². The van der Waals surface area contributed by atoms with Crippen molar-refractivity contribution in [1.29, 1.82) is 0 Å². The zero-order valence-corrected chi connectivity index (χ0v) is 16.0. The molecule has 2 amide bonds. The van der Waals surface area contributed by atoms with Crippen molar-refractivity contribution in [3.05, 3.63) is 71.5 Å². The molecule has 0 spiro atoms. The first-order valence-corrected chi connectivity index (χ1v) is 8.89. The molecule has 3 aromatic rings. The molecule has 144 valence electrons. The Kier molecular flexibility index (Phi) is 4.69. The lowest BCUT2D eigenvalue weighted by molar-refractivity contribution is -0.113. The first-order valence-electron chi connectivity index (χ1n) is 8.51. The molecular formula is C20H14ClN5O3. The van der Waals surface area contributed by atoms with Gasteiger partial charge in [0.2, 0.25) is 0 Å². The third kappa shape index (κ3) is 3.65. The highest BCUT2D eigenvalue weighted by Gasteiger charge is 2.23. The van der Waals surface area contributed by atoms with Gasteiger partial charge in [0, 0.05) is 16.7 Å². The van der Waals surface area contributed by atoms with E-state index in [0.717, 1.165) is 0 Å². The Morgan fingerprint density at radius 1 is 1.21 bits per heavy atom. The molecule has 2 aromatic heterocycles. The average molecular weight is 408 g/mol. The number of anilines is 1. The van der Waals surface area contributed by atoms with Crippen molar-refractivity contribution < 1.29 is 14.0 Å². The molecule has 0 bridgehead atoms. The number of hydrogen-bond acceptors (Lipinski definition) is 5. The van der Waals surface area contributed by atoms with E-state index in [1.54, 1.807) is 49.4 Å². The Hall–Kier alpha value is -3.78. The number of rotatable bonds is 3. The smallest absolute Gasteiger partial charge is 0.281 e. The molecule has 0 radical (unpaired) electrons. The van der Waals surface area contributed by atoms with E-state index in [1.807, 2.05) is 0 Å². The molecule has 0 unspecified atom stereocenters. The molecule has 1 aromatic carbocycles. The standard InChI is InChI=1S/C20H14ClN5O3/c1-11-12(2)22-20(24-18(11)27)26-17(10-15(25-26)16-4-3-9-29-16)23-19(28)13-5-7-14(21)8-6-13/h3-10H,1H2,2H3,(H,23,28). The Labute approximate surface area is 170 Å². The zero-order valence-electron chi connectivity index (χ0n) is 15.2. The molecule has 0 atom stereocenters. The monoisotopic (exact) mass is 407 g/mol. The van der Waals surface area contributed by atoms with Gasteiger partial charge < -0.3 is 9.73 Å². The molecule has 0 fully saturated rings. The summed E-state index contributed by atoms with van der Waals surface area (Å²) in [5.41, 5.74) is 1.47. The topological polar surface area (TPSA) is 102 Å². The SMILES string of the molecule is C=C1C(=O)N=C(n2nc(-c3ccco3)cc2NC(=O)c2ccc(Cl)cc2)N=C1C. The first-order chi connectivity index (χ1) is 13.9. The maximum absolute atomic E-state index is 12.7. The number of halogens is 1. The second-order valence-corrected chi connectivity index (χ2v) is 6.59. The number of carbonyl (C=O) groups excluding carboxylic acids is 2. The van der Waals surface area contributed by atoms with Gasteiger partial charge in [-0.15, -0.1) is 0 Å². The van der Waals surface area contributed by atoms with Crippen LogP contribution in [-0.4, -0.2) is 33.3 Å². The van der Waals surface area contributed by atoms with E-state index >= 15 is 0 Å². The van der Waals surface area contributed by atoms with Gasteiger partial charge in [-0.1, -0.05) is 18.2 Å². The van der Waals surface area contributed by atoms with E-state index in [0.29, 0.717) is 27.8 Å². The number of amides is 2. The zero-order chi connectivity index (χ0) is 20.5. The highest BCUT2D eigenvalue weighted by molar-refractivity contribution is 6.30. The van der Waals surface area contributed by atoms with Crippen molar-refractivity contribution >= 4 is 40.9 Å². The second kappa shape index (κ2) is 7.33. The fourth-order valence-corrected chi connectivity index (χ4v) is 2.73. The van der Waals surface area contributed by atoms with Crippen LogP contribution < -0.4 is 5.32 Å². The third-order valence-electron chi connectivity index (χ3n) is 4.18. The van der Waals surface area contributed by atoms with Gasteiger partial charge in [0.15, 0.2) is 5.76 Å². The molecule has 0 saturated heterocycles. The summed E-state index contributed by atoms with van der Waals surface area (Å²) in [6.45, 7) is 5.31. The van der Waals surface area contributed by atoms with Crippen LogP contribution in [0.2, 0.25) is 5.02 Å². The van der Waals surface area contributed by atoms with Gasteiger partial charge in [-0.25, -0.2) is 4.99 Å². The van der Waals surface area contributed by atoms with Crippen molar-refractivity contribution in [3.63, 3.8) is 0 Å². The van der Waals surface area contributed by atoms with Gasteiger partial charge in [-0.05, 0) is 43.3 Å². The van der Waals surface area contributed by atoms with E-state index in [2.05, 4.69) is 27.0 Å². The molecule has 1 N–H and O–H groups in total. The number of furan rings is 1. The minimum atomic E-state index is -0.516. The van der Waals surface area contributed by atoms with Crippen molar-refractivity contribution in [1.82, 2.24) is 9.78 Å². The summed E-state index contributed by atoms with van der Waals surface area (Å²) >= 11 is 5.88. The van der Waals surface area contributed by atoms with Gasteiger partial charge in [0.05, 0.1) is 17.5 Å². The number of aromatic nitrogens is 2. The van der Waals surface area contributed by atoms with Gasteiger partial charge in [-0.3, -0.25) is 9.59 Å². The summed E-state index contributed by atoms with van der Waals surface area (Å²) in [6, 6.07) is 11.5. The predicted octanol–water partition coefficient (Wildman–Crippen LogP) is 3.81. The van der Waals surface area contributed by atoms with Crippen LogP contribution in [0.5, 0.6) is 0 Å². The molecule has 1 aliphatic rings. The Morgan fingerprint density at radius 3 is 2.62 bits per heavy atom. The molecule has 1 aliphatic heterocycles. The van der Waals surface area contributed by atoms with Gasteiger partial charge in [0.1, 0.15) is 11.5 Å². The second-order valence-electron chi connectivity index (χ2n) is 6.16. The summed E-state index contributed by atoms with van der Waals surface area (Å²) < 4.78 is 6.65. The Bertz CT molecular complexity index is 1190. The van der Waals surface area contributed by atoms with Crippen LogP contribution in [0.15, 0.2) is 75.3 Å². The van der Waals surface area contributed by atoms with Gasteiger partial charge in [0.25, 0.3) is 17.8 Å². The molecule has 8 nitrogen and oxygen atoms in total. The lowest BCUT2D eigenvalue weighted by atomic mass is 10.2. The number of aliphatic imine (C=N–C) groups is 2. The van der Waals surface area contributed by atoms with Crippen LogP contribution >= 0.6 is 11.6 Å². The van der Waals surface area contributed by atoms with Gasteiger partial charge >= 0.3 is 0 Å². The van der Waals surface area contributed by atoms with Gasteiger partial charge in [-0.2, -0.15) is 14.8 Å². The van der Waals surface area contributed by atoms with E-state index < -0.39 is 5.91 Å². The third-order valence-corrected chi connectivity index (χ3v) is 4.44. The minimum absolute atomic E-state index is 0.0177. The van der Waals surface area contributed by atoms with Crippen LogP contribution in [0.25, 0.3) is 11.5 Å². The van der Waals surface area contributed by atoms with Crippen molar-refractivity contribution in [3.8, 4) is 11.5 Å². The summed E-state index contributed by atoms with van der Waals surface area (Å²) in [5.74, 6) is -0.131. The van der Waals surface area contributed by atoms with Crippen molar-refractivity contribution in [2.45, 2.75) is 6.92 Å². The number of benzene rings is 1. The minimum Gasteiger partial charge on any atom is -0.463 e. The summed E-state index contributed by atoms with van der Waals surface area (Å²) in [5, 5.41) is 7.68. The van der Waals surface area contributed by atoms with Crippen molar-refractivity contribution in [2.75, 3.05) is 5.32 Å². The molecule has 3 heterocycles. The summed E-state index contributed by atoms with van der Waals surface area (Å²) in [6.07, 6.45) is 1.51. The quantitative estimate of drug-likeness (QED) is 0.667. The fraction of sp³-hybridized carbons (Fsp3) is 0.0500. The van der Waals surface area contributed by atoms with E-state index in [1.165, 1.54) is 10.9 Å². The highest BCUT2D eigenvalue weighted by atomic mass is 35.5. The van der Waals surface area contributed by atoms with Crippen LogP contribution in [0, 0.1) is 0 Å². The largest absolute Gasteiger partial charge is 0.463 e. The van der Waals surface area contributed by atoms with Crippen LogP contribution in [0.4, 0.5) is 5.82 Å². The molecule has 0 aliphatic carbocycles. The van der Waals surface area contributed by atoms with Crippen LogP contribution in [-0.2, 0) is 4.79 Å². The summed E-state index contributed by atoms with van der Waals surface area (Å²) in [7, 11) is 0. The average Bonchev–Trinajstić information content (AvgIpc) is 3.36. The summed E-state index contributed by atoms with van der Waals surface area (Å²) in [4.78, 5) is 32.9. The maximum Gasteiger partial charge on any atom is 0.281 e. The normalized spacial score (nSPS) is 13.9. The predicted molar refractivity (Wildman–Crippen MR) is 109 cm³/mol. The van der Waals surface area contributed by atoms with Crippen LogP contribution in [0.3, 0.4) is 0 Å². The molecule has 29 heavy (non-hydrogen) atoms. The Balaban J connectivity index is 1.75. The van der Waals surface area contributed by atoms with Crippen molar-refractivity contribution in [2.24, 2.45) is 9.98 Å². The maximum atomic E-state index is 12.7. The number of hydrogen-bond donors (Lipinski definition) is 1. The number of nitrogens with zero attached hydrogens (tertiary/aromatic N) is 4. The first kappa shape index (κ1) is 18.6. The highest BCUT2D eigenvalue weighted by Crippen LogP contribution is 2.24. The molecule has 0 saturated carbocycles. The van der Waals surface area contributed by atoms with E-state index in [4.69, 9.17) is 16.0 Å². The molecular weight excluding hydrogens is 394 g/mol.